The number of aromatic nitrogens is 2. The summed E-state index contributed by atoms with van der Waals surface area (Å²) < 4.78 is 5.44. The van der Waals surface area contributed by atoms with Crippen molar-refractivity contribution in [1.82, 2.24) is 15.5 Å². The zero-order valence-electron chi connectivity index (χ0n) is 11.0. The third kappa shape index (κ3) is 3.62. The minimum absolute atomic E-state index is 0.393. The molecule has 0 bridgehead atoms. The Morgan fingerprint density at radius 3 is 3.00 bits per heavy atom. The molecule has 0 aromatic carbocycles. The molecule has 1 N–H and O–H groups in total. The summed E-state index contributed by atoms with van der Waals surface area (Å²) in [7, 11) is 0. The standard InChI is InChI=1S/C12H19N3OS3/c1-8-11(19-5-4-18-8)12-14-10(16-15-12)6-9-7-17-3-2-13-9/h8-9,11,13H,2-7H2,1H3. The predicted molar refractivity (Wildman–Crippen MR) is 84.2 cm³/mol. The van der Waals surface area contributed by atoms with E-state index < -0.39 is 0 Å². The molecule has 7 heteroatoms. The number of nitrogens with zero attached hydrogens (tertiary/aromatic N) is 2. The van der Waals surface area contributed by atoms with E-state index in [1.54, 1.807) is 0 Å². The molecule has 3 unspecified atom stereocenters. The van der Waals surface area contributed by atoms with Crippen molar-refractivity contribution in [2.75, 3.05) is 29.6 Å². The second kappa shape index (κ2) is 6.74. The molecule has 3 heterocycles. The van der Waals surface area contributed by atoms with Gasteiger partial charge in [-0.2, -0.15) is 28.5 Å². The first-order valence-corrected chi connectivity index (χ1v) is 9.95. The number of hydrogen-bond acceptors (Lipinski definition) is 7. The van der Waals surface area contributed by atoms with Gasteiger partial charge in [0, 0.05) is 47.3 Å². The summed E-state index contributed by atoms with van der Waals surface area (Å²) >= 11 is 5.96. The minimum Gasteiger partial charge on any atom is -0.339 e. The van der Waals surface area contributed by atoms with Gasteiger partial charge in [-0.15, -0.1) is 11.8 Å². The number of thioether (sulfide) groups is 3. The van der Waals surface area contributed by atoms with E-state index in [1.165, 1.54) is 17.3 Å². The third-order valence-electron chi connectivity index (χ3n) is 3.35. The predicted octanol–water partition coefficient (Wildman–Crippen LogP) is 2.23. The van der Waals surface area contributed by atoms with Crippen LogP contribution in [0.2, 0.25) is 0 Å². The lowest BCUT2D eigenvalue weighted by Gasteiger charge is -2.24. The van der Waals surface area contributed by atoms with Gasteiger partial charge in [0.15, 0.2) is 5.82 Å². The van der Waals surface area contributed by atoms with Gasteiger partial charge in [-0.05, 0) is 0 Å². The molecule has 2 fully saturated rings. The number of hydrogen-bond donors (Lipinski definition) is 1. The Kier molecular flexibility index (Phi) is 5.00. The highest BCUT2D eigenvalue weighted by Crippen LogP contribution is 2.41. The molecule has 0 aliphatic carbocycles. The normalized spacial score (nSPS) is 32.4. The van der Waals surface area contributed by atoms with E-state index >= 15 is 0 Å². The van der Waals surface area contributed by atoms with Crippen LogP contribution in [0.3, 0.4) is 0 Å². The van der Waals surface area contributed by atoms with Crippen molar-refractivity contribution in [3.05, 3.63) is 11.7 Å². The van der Waals surface area contributed by atoms with Gasteiger partial charge in [0.2, 0.25) is 5.89 Å². The molecule has 0 amide bonds. The SMILES string of the molecule is CC1SCCSC1c1noc(CC2CSCCN2)n1. The molecule has 2 aliphatic rings. The molecular formula is C12H19N3OS3. The third-order valence-corrected chi connectivity index (χ3v) is 7.56. The lowest BCUT2D eigenvalue weighted by molar-refractivity contribution is 0.358. The molecular weight excluding hydrogens is 298 g/mol. The van der Waals surface area contributed by atoms with Crippen molar-refractivity contribution in [3.8, 4) is 0 Å². The topological polar surface area (TPSA) is 51.0 Å². The van der Waals surface area contributed by atoms with Gasteiger partial charge in [0.05, 0.1) is 5.25 Å². The highest BCUT2D eigenvalue weighted by Gasteiger charge is 2.28. The second-order valence-electron chi connectivity index (χ2n) is 4.84. The fourth-order valence-electron chi connectivity index (χ4n) is 2.34. The molecule has 0 spiro atoms. The molecule has 19 heavy (non-hydrogen) atoms. The van der Waals surface area contributed by atoms with Gasteiger partial charge >= 0.3 is 0 Å². The average molecular weight is 318 g/mol. The monoisotopic (exact) mass is 317 g/mol. The Morgan fingerprint density at radius 2 is 2.21 bits per heavy atom. The Hall–Kier alpha value is 0.150. The fourth-order valence-corrected chi connectivity index (χ4v) is 5.97. The van der Waals surface area contributed by atoms with Crippen molar-refractivity contribution >= 4 is 35.3 Å². The van der Waals surface area contributed by atoms with Crippen LogP contribution in [0, 0.1) is 0 Å². The van der Waals surface area contributed by atoms with Crippen molar-refractivity contribution < 1.29 is 4.52 Å². The summed E-state index contributed by atoms with van der Waals surface area (Å²) in [5, 5.41) is 8.68. The summed E-state index contributed by atoms with van der Waals surface area (Å²) in [5.74, 6) is 6.45. The largest absolute Gasteiger partial charge is 0.339 e. The molecule has 0 radical (unpaired) electrons. The molecule has 106 valence electrons. The number of rotatable bonds is 3. The molecule has 3 atom stereocenters. The first kappa shape index (κ1) is 14.1. The van der Waals surface area contributed by atoms with E-state index in [1.807, 2.05) is 35.3 Å². The minimum atomic E-state index is 0.393. The smallest absolute Gasteiger partial charge is 0.228 e. The van der Waals surface area contributed by atoms with E-state index in [2.05, 4.69) is 22.4 Å². The molecule has 1 aromatic heterocycles. The van der Waals surface area contributed by atoms with E-state index in [0.717, 1.165) is 30.4 Å². The van der Waals surface area contributed by atoms with E-state index in [0.29, 0.717) is 16.5 Å². The lowest BCUT2D eigenvalue weighted by atomic mass is 10.2. The maximum atomic E-state index is 5.44. The Bertz CT molecular complexity index is 409. The Labute approximate surface area is 126 Å². The first-order chi connectivity index (χ1) is 9.33. The van der Waals surface area contributed by atoms with Gasteiger partial charge < -0.3 is 9.84 Å². The van der Waals surface area contributed by atoms with Crippen LogP contribution in [-0.2, 0) is 6.42 Å². The van der Waals surface area contributed by atoms with Crippen LogP contribution < -0.4 is 5.32 Å². The highest BCUT2D eigenvalue weighted by atomic mass is 32.2. The average Bonchev–Trinajstić information content (AvgIpc) is 2.89. The van der Waals surface area contributed by atoms with E-state index in [9.17, 15) is 0 Å². The molecule has 3 rings (SSSR count). The van der Waals surface area contributed by atoms with Crippen LogP contribution in [0.1, 0.15) is 23.9 Å². The van der Waals surface area contributed by atoms with Crippen LogP contribution in [-0.4, -0.2) is 51.0 Å². The summed E-state index contributed by atoms with van der Waals surface area (Å²) in [5.41, 5.74) is 0. The Morgan fingerprint density at radius 1 is 1.32 bits per heavy atom. The molecule has 2 aliphatic heterocycles. The molecule has 1 aromatic rings. The summed E-state index contributed by atoms with van der Waals surface area (Å²) in [6.45, 7) is 3.35. The summed E-state index contributed by atoms with van der Waals surface area (Å²) in [6.07, 6.45) is 0.860. The summed E-state index contributed by atoms with van der Waals surface area (Å²) in [6, 6.07) is 0.484. The van der Waals surface area contributed by atoms with E-state index in [4.69, 9.17) is 4.52 Å². The van der Waals surface area contributed by atoms with E-state index in [-0.39, 0.29) is 0 Å². The molecule has 2 saturated heterocycles. The van der Waals surface area contributed by atoms with Crippen LogP contribution in [0.15, 0.2) is 4.52 Å². The van der Waals surface area contributed by atoms with Crippen molar-refractivity contribution in [3.63, 3.8) is 0 Å². The van der Waals surface area contributed by atoms with Crippen molar-refractivity contribution in [2.45, 2.75) is 29.9 Å². The zero-order valence-corrected chi connectivity index (χ0v) is 13.5. The van der Waals surface area contributed by atoms with Crippen LogP contribution in [0.4, 0.5) is 0 Å². The maximum absolute atomic E-state index is 5.44. The molecule has 4 nitrogen and oxygen atoms in total. The highest BCUT2D eigenvalue weighted by molar-refractivity contribution is 8.06. The second-order valence-corrected chi connectivity index (χ2v) is 8.73. The van der Waals surface area contributed by atoms with Gasteiger partial charge in [0.25, 0.3) is 0 Å². The van der Waals surface area contributed by atoms with Crippen LogP contribution in [0.25, 0.3) is 0 Å². The summed E-state index contributed by atoms with van der Waals surface area (Å²) in [4.78, 5) is 4.62. The van der Waals surface area contributed by atoms with Crippen LogP contribution >= 0.6 is 35.3 Å². The van der Waals surface area contributed by atoms with Crippen molar-refractivity contribution in [1.29, 1.82) is 0 Å². The van der Waals surface area contributed by atoms with Crippen molar-refractivity contribution in [2.24, 2.45) is 0 Å². The quantitative estimate of drug-likeness (QED) is 0.917. The van der Waals surface area contributed by atoms with Crippen LogP contribution in [0.5, 0.6) is 0 Å². The molecule has 0 saturated carbocycles. The fraction of sp³-hybridized carbons (Fsp3) is 0.833. The lowest BCUT2D eigenvalue weighted by Crippen LogP contribution is -2.38. The van der Waals surface area contributed by atoms with Gasteiger partial charge in [0.1, 0.15) is 0 Å². The van der Waals surface area contributed by atoms with Gasteiger partial charge in [-0.25, -0.2) is 0 Å². The number of nitrogens with one attached hydrogen (secondary N) is 1. The Balaban J connectivity index is 1.61. The zero-order chi connectivity index (χ0) is 13.1. The first-order valence-electron chi connectivity index (χ1n) is 6.70. The van der Waals surface area contributed by atoms with Gasteiger partial charge in [-0.1, -0.05) is 12.1 Å². The van der Waals surface area contributed by atoms with Gasteiger partial charge in [-0.3, -0.25) is 0 Å². The maximum Gasteiger partial charge on any atom is 0.228 e.